The van der Waals surface area contributed by atoms with Crippen molar-refractivity contribution in [1.29, 1.82) is 0 Å². The zero-order valence-corrected chi connectivity index (χ0v) is 13.6. The smallest absolute Gasteiger partial charge is 0.258 e. The molecule has 0 radical (unpaired) electrons. The zero-order valence-electron chi connectivity index (χ0n) is 13.6. The lowest BCUT2D eigenvalue weighted by Gasteiger charge is -2.10. The predicted octanol–water partition coefficient (Wildman–Crippen LogP) is 1.94. The fraction of sp³-hybridized carbons (Fsp3) is 0.353. The van der Waals surface area contributed by atoms with Gasteiger partial charge in [-0.15, -0.1) is 5.10 Å². The van der Waals surface area contributed by atoms with Gasteiger partial charge < -0.3 is 14.8 Å². The van der Waals surface area contributed by atoms with Gasteiger partial charge in [-0.2, -0.15) is 5.10 Å². The quantitative estimate of drug-likeness (QED) is 0.845. The molecule has 23 heavy (non-hydrogen) atoms. The Kier molecular flexibility index (Phi) is 6.05. The first-order valence-corrected chi connectivity index (χ1v) is 7.36. The van der Waals surface area contributed by atoms with Gasteiger partial charge in [-0.25, -0.2) is 0 Å². The molecule has 1 aromatic heterocycles. The van der Waals surface area contributed by atoms with Gasteiger partial charge in [-0.05, 0) is 30.5 Å². The van der Waals surface area contributed by atoms with Gasteiger partial charge in [0.1, 0.15) is 0 Å². The molecule has 0 bridgehead atoms. The van der Waals surface area contributed by atoms with E-state index >= 15 is 0 Å². The first-order chi connectivity index (χ1) is 11.1. The summed E-state index contributed by atoms with van der Waals surface area (Å²) in [5.74, 6) is 0.139. The van der Waals surface area contributed by atoms with Crippen LogP contribution in [0.5, 0.6) is 5.88 Å². The van der Waals surface area contributed by atoms with Crippen molar-refractivity contribution in [2.24, 2.45) is 0 Å². The molecule has 122 valence electrons. The van der Waals surface area contributed by atoms with E-state index in [4.69, 9.17) is 9.47 Å². The Labute approximate surface area is 135 Å². The second-order valence-corrected chi connectivity index (χ2v) is 5.22. The van der Waals surface area contributed by atoms with Crippen LogP contribution in [0.4, 0.5) is 0 Å². The number of benzene rings is 1. The number of ether oxygens (including phenoxy) is 2. The van der Waals surface area contributed by atoms with Gasteiger partial charge >= 0.3 is 0 Å². The number of methoxy groups -OCH3 is 1. The fourth-order valence-electron chi connectivity index (χ4n) is 2.00. The maximum atomic E-state index is 11.9. The predicted molar refractivity (Wildman–Crippen MR) is 86.0 cm³/mol. The summed E-state index contributed by atoms with van der Waals surface area (Å²) in [5.41, 5.74) is 3.89. The molecular formula is C17H21N3O3. The van der Waals surface area contributed by atoms with Crippen molar-refractivity contribution in [3.8, 4) is 5.88 Å². The molecule has 0 saturated heterocycles. The van der Waals surface area contributed by atoms with Crippen LogP contribution in [0.3, 0.4) is 0 Å². The van der Waals surface area contributed by atoms with Crippen molar-refractivity contribution in [1.82, 2.24) is 15.5 Å². The minimum Gasteiger partial charge on any atom is -0.466 e. The molecule has 1 heterocycles. The monoisotopic (exact) mass is 315 g/mol. The highest BCUT2D eigenvalue weighted by Crippen LogP contribution is 2.11. The fourth-order valence-corrected chi connectivity index (χ4v) is 2.00. The molecule has 1 amide bonds. The van der Waals surface area contributed by atoms with Crippen LogP contribution in [-0.2, 0) is 22.7 Å². The van der Waals surface area contributed by atoms with Crippen LogP contribution in [0, 0.1) is 13.8 Å². The maximum absolute atomic E-state index is 11.9. The number of aromatic nitrogens is 2. The minimum absolute atomic E-state index is 0.0936. The van der Waals surface area contributed by atoms with E-state index in [-0.39, 0.29) is 12.5 Å². The average molecular weight is 315 g/mol. The van der Waals surface area contributed by atoms with Crippen LogP contribution in [0.15, 0.2) is 30.3 Å². The summed E-state index contributed by atoms with van der Waals surface area (Å²) in [5, 5.41) is 10.7. The third-order valence-electron chi connectivity index (χ3n) is 3.45. The first-order valence-electron chi connectivity index (χ1n) is 7.36. The molecule has 1 aromatic carbocycles. The van der Waals surface area contributed by atoms with Crippen LogP contribution >= 0.6 is 0 Å². The van der Waals surface area contributed by atoms with Crippen LogP contribution in [-0.4, -0.2) is 29.8 Å². The number of carbonyl (C=O) groups excluding carboxylic acids is 1. The van der Waals surface area contributed by atoms with E-state index in [1.165, 1.54) is 0 Å². The van der Waals surface area contributed by atoms with Crippen molar-refractivity contribution in [2.75, 3.05) is 13.7 Å². The Morgan fingerprint density at radius 2 is 1.91 bits per heavy atom. The zero-order chi connectivity index (χ0) is 16.7. The minimum atomic E-state index is -0.211. The second-order valence-electron chi connectivity index (χ2n) is 5.22. The summed E-state index contributed by atoms with van der Waals surface area (Å²) in [6.45, 7) is 4.64. The molecule has 0 fully saturated rings. The normalized spacial score (nSPS) is 10.4. The average Bonchev–Trinajstić information content (AvgIpc) is 2.55. The highest BCUT2D eigenvalue weighted by molar-refractivity contribution is 5.77. The van der Waals surface area contributed by atoms with Crippen molar-refractivity contribution < 1.29 is 14.3 Å². The van der Waals surface area contributed by atoms with Crippen molar-refractivity contribution in [3.63, 3.8) is 0 Å². The Hall–Kier alpha value is -2.47. The molecule has 0 spiro atoms. The Morgan fingerprint density at radius 1 is 1.17 bits per heavy atom. The molecule has 2 rings (SSSR count). The van der Waals surface area contributed by atoms with Gasteiger partial charge in [0.25, 0.3) is 5.91 Å². The molecule has 6 heteroatoms. The van der Waals surface area contributed by atoms with Crippen LogP contribution in [0.2, 0.25) is 0 Å². The van der Waals surface area contributed by atoms with Gasteiger partial charge in [0.2, 0.25) is 5.88 Å². The van der Waals surface area contributed by atoms with Crippen molar-refractivity contribution in [3.05, 3.63) is 52.7 Å². The van der Waals surface area contributed by atoms with Gasteiger partial charge in [0.15, 0.2) is 6.61 Å². The van der Waals surface area contributed by atoms with E-state index < -0.39 is 0 Å². The van der Waals surface area contributed by atoms with Crippen LogP contribution < -0.4 is 10.1 Å². The number of rotatable bonds is 7. The van der Waals surface area contributed by atoms with Crippen LogP contribution in [0.25, 0.3) is 0 Å². The SMILES string of the molecule is COCc1ccccc1CNC(=O)COc1cc(C)c(C)nn1. The summed E-state index contributed by atoms with van der Waals surface area (Å²) in [7, 11) is 1.65. The summed E-state index contributed by atoms with van der Waals surface area (Å²) in [6, 6.07) is 9.59. The molecule has 0 aliphatic heterocycles. The number of carbonyl (C=O) groups is 1. The molecule has 0 aliphatic rings. The topological polar surface area (TPSA) is 73.3 Å². The molecule has 0 unspecified atom stereocenters. The number of hydrogen-bond acceptors (Lipinski definition) is 5. The third-order valence-corrected chi connectivity index (χ3v) is 3.45. The number of nitrogens with zero attached hydrogens (tertiary/aromatic N) is 2. The Balaban J connectivity index is 1.84. The third kappa shape index (κ3) is 5.03. The Bertz CT molecular complexity index is 674. The molecule has 0 aliphatic carbocycles. The number of hydrogen-bond donors (Lipinski definition) is 1. The molecule has 0 atom stereocenters. The molecule has 6 nitrogen and oxygen atoms in total. The van der Waals surface area contributed by atoms with E-state index in [0.29, 0.717) is 19.0 Å². The lowest BCUT2D eigenvalue weighted by molar-refractivity contribution is -0.123. The lowest BCUT2D eigenvalue weighted by atomic mass is 10.1. The van der Waals surface area contributed by atoms with Crippen molar-refractivity contribution >= 4 is 5.91 Å². The molecule has 1 N–H and O–H groups in total. The summed E-state index contributed by atoms with van der Waals surface area (Å²) < 4.78 is 10.5. The number of nitrogens with one attached hydrogen (secondary N) is 1. The van der Waals surface area contributed by atoms with E-state index in [9.17, 15) is 4.79 Å². The maximum Gasteiger partial charge on any atom is 0.258 e. The van der Waals surface area contributed by atoms with Gasteiger partial charge in [0.05, 0.1) is 12.3 Å². The van der Waals surface area contributed by atoms with Gasteiger partial charge in [0, 0.05) is 19.7 Å². The molecule has 0 saturated carbocycles. The highest BCUT2D eigenvalue weighted by atomic mass is 16.5. The first kappa shape index (κ1) is 16.9. The van der Waals surface area contributed by atoms with E-state index in [2.05, 4.69) is 15.5 Å². The second kappa shape index (κ2) is 8.24. The molecular weight excluding hydrogens is 294 g/mol. The largest absolute Gasteiger partial charge is 0.466 e. The van der Waals surface area contributed by atoms with Gasteiger partial charge in [-0.1, -0.05) is 24.3 Å². The summed E-state index contributed by atoms with van der Waals surface area (Å²) in [6.07, 6.45) is 0. The van der Waals surface area contributed by atoms with E-state index in [0.717, 1.165) is 22.4 Å². The Morgan fingerprint density at radius 3 is 2.61 bits per heavy atom. The van der Waals surface area contributed by atoms with Crippen LogP contribution in [0.1, 0.15) is 22.4 Å². The van der Waals surface area contributed by atoms with E-state index in [1.807, 2.05) is 38.1 Å². The standard InChI is InChI=1S/C17H21N3O3/c1-12-8-17(20-19-13(12)2)23-11-16(21)18-9-14-6-4-5-7-15(14)10-22-3/h4-8H,9-11H2,1-3H3,(H,18,21). The molecule has 2 aromatic rings. The highest BCUT2D eigenvalue weighted by Gasteiger charge is 2.07. The summed E-state index contributed by atoms with van der Waals surface area (Å²) in [4.78, 5) is 11.9. The van der Waals surface area contributed by atoms with Gasteiger partial charge in [-0.3, -0.25) is 4.79 Å². The number of amides is 1. The number of aryl methyl sites for hydroxylation is 2. The summed E-state index contributed by atoms with van der Waals surface area (Å²) >= 11 is 0. The lowest BCUT2D eigenvalue weighted by Crippen LogP contribution is -2.29. The van der Waals surface area contributed by atoms with E-state index in [1.54, 1.807) is 13.2 Å². The van der Waals surface area contributed by atoms with Crippen molar-refractivity contribution in [2.45, 2.75) is 27.0 Å².